The summed E-state index contributed by atoms with van der Waals surface area (Å²) in [4.78, 5) is 26.7. The van der Waals surface area contributed by atoms with Crippen LogP contribution in [0.5, 0.6) is 0 Å². The third-order valence-corrected chi connectivity index (χ3v) is 16.7. The molecule has 0 saturated carbocycles. The topological polar surface area (TPSA) is 175 Å². The molecular weight excluding hydrogens is 1100 g/mol. The zero-order chi connectivity index (χ0) is 63.9. The van der Waals surface area contributed by atoms with Crippen molar-refractivity contribution in [2.45, 2.75) is 365 Å². The van der Waals surface area contributed by atoms with E-state index in [9.17, 15) is 35.1 Å². The number of nitrogens with one attached hydrogen (secondary N) is 1. The van der Waals surface area contributed by atoms with Crippen molar-refractivity contribution in [2.75, 3.05) is 13.2 Å². The highest BCUT2D eigenvalue weighted by Gasteiger charge is 2.47. The largest absolute Gasteiger partial charge is 0.454 e. The van der Waals surface area contributed by atoms with Crippen LogP contribution >= 0.6 is 0 Å². The molecule has 88 heavy (non-hydrogen) atoms. The molecule has 1 fully saturated rings. The fourth-order valence-electron chi connectivity index (χ4n) is 11.0. The summed E-state index contributed by atoms with van der Waals surface area (Å²) in [5.41, 5.74) is 0. The van der Waals surface area contributed by atoms with Crippen molar-refractivity contribution in [3.05, 3.63) is 97.2 Å². The highest BCUT2D eigenvalue weighted by atomic mass is 16.7. The van der Waals surface area contributed by atoms with Crippen molar-refractivity contribution < 1.29 is 49.3 Å². The Morgan fingerprint density at radius 2 is 0.818 bits per heavy atom. The number of hydrogen-bond acceptors (Lipinski definition) is 10. The van der Waals surface area contributed by atoms with Crippen molar-refractivity contribution >= 4 is 11.9 Å². The highest BCUT2D eigenvalue weighted by molar-refractivity contribution is 5.80. The van der Waals surface area contributed by atoms with Gasteiger partial charge in [0.25, 0.3) is 0 Å². The van der Waals surface area contributed by atoms with E-state index in [2.05, 4.69) is 111 Å². The number of aliphatic hydroxyl groups excluding tert-OH is 5. The summed E-state index contributed by atoms with van der Waals surface area (Å²) in [6.07, 6.45) is 75.9. The third kappa shape index (κ3) is 50.3. The van der Waals surface area contributed by atoms with Crippen LogP contribution in [0.25, 0.3) is 0 Å². The SMILES string of the molecule is CC/C=C\C/C=C\C/C=C\C/C=C\C/C=C\CCCCCCCC(=O)OC1C(OCC(NC(=O)C(O)CCCCCCCCCCCCCCCCCC/C=C\C/C=C\CCCCC)C(O)/C=C/CCCCCCCCCCCC)OC(CO)C(O)C1O. The van der Waals surface area contributed by atoms with Crippen molar-refractivity contribution in [1.82, 2.24) is 5.32 Å². The molecule has 1 aliphatic rings. The Bertz CT molecular complexity index is 1800. The van der Waals surface area contributed by atoms with Crippen LogP contribution in [0, 0.1) is 0 Å². The molecule has 8 atom stereocenters. The van der Waals surface area contributed by atoms with Crippen molar-refractivity contribution in [3.8, 4) is 0 Å². The Morgan fingerprint density at radius 1 is 0.455 bits per heavy atom. The molecular formula is C77H135NO10. The molecule has 0 spiro atoms. The molecule has 11 nitrogen and oxygen atoms in total. The monoisotopic (exact) mass is 1230 g/mol. The summed E-state index contributed by atoms with van der Waals surface area (Å²) in [5, 5.41) is 57.3. The summed E-state index contributed by atoms with van der Waals surface area (Å²) >= 11 is 0. The van der Waals surface area contributed by atoms with Gasteiger partial charge >= 0.3 is 5.97 Å². The predicted octanol–water partition coefficient (Wildman–Crippen LogP) is 19.0. The van der Waals surface area contributed by atoms with Gasteiger partial charge < -0.3 is 45.1 Å². The molecule has 0 radical (unpaired) electrons. The average Bonchev–Trinajstić information content (AvgIpc) is 1.36. The maximum absolute atomic E-state index is 13.5. The van der Waals surface area contributed by atoms with E-state index in [0.717, 1.165) is 109 Å². The van der Waals surface area contributed by atoms with Crippen molar-refractivity contribution in [2.24, 2.45) is 0 Å². The number of hydrogen-bond donors (Lipinski definition) is 6. The summed E-state index contributed by atoms with van der Waals surface area (Å²) in [6.45, 7) is 5.67. The number of allylic oxidation sites excluding steroid dienone is 15. The molecule has 1 aliphatic heterocycles. The van der Waals surface area contributed by atoms with Gasteiger partial charge in [0.1, 0.15) is 24.4 Å². The number of ether oxygens (including phenoxy) is 3. The molecule has 1 saturated heterocycles. The highest BCUT2D eigenvalue weighted by Crippen LogP contribution is 2.26. The van der Waals surface area contributed by atoms with E-state index in [1.54, 1.807) is 6.08 Å². The lowest BCUT2D eigenvalue weighted by Gasteiger charge is -2.41. The van der Waals surface area contributed by atoms with E-state index in [4.69, 9.17) is 14.2 Å². The zero-order valence-corrected chi connectivity index (χ0v) is 56.6. The second-order valence-corrected chi connectivity index (χ2v) is 24.9. The van der Waals surface area contributed by atoms with Gasteiger partial charge in [-0.05, 0) is 103 Å². The summed E-state index contributed by atoms with van der Waals surface area (Å²) in [6, 6.07) is -1.03. The third-order valence-electron chi connectivity index (χ3n) is 16.7. The molecule has 6 N–H and O–H groups in total. The van der Waals surface area contributed by atoms with Crippen LogP contribution in [0.2, 0.25) is 0 Å². The second kappa shape index (κ2) is 63.7. The van der Waals surface area contributed by atoms with Crippen LogP contribution in [-0.4, -0.2) is 99.6 Å². The maximum atomic E-state index is 13.5. The maximum Gasteiger partial charge on any atom is 0.306 e. The van der Waals surface area contributed by atoms with Gasteiger partial charge in [0.2, 0.25) is 5.91 Å². The molecule has 11 heteroatoms. The first-order valence-corrected chi connectivity index (χ1v) is 36.5. The Labute approximate surface area is 539 Å². The van der Waals surface area contributed by atoms with E-state index in [1.165, 1.54) is 161 Å². The molecule has 1 heterocycles. The lowest BCUT2D eigenvalue weighted by atomic mass is 9.99. The van der Waals surface area contributed by atoms with E-state index >= 15 is 0 Å². The van der Waals surface area contributed by atoms with Gasteiger partial charge in [-0.2, -0.15) is 0 Å². The minimum atomic E-state index is -1.63. The fraction of sp³-hybridized carbons (Fsp3) is 0.766. The van der Waals surface area contributed by atoms with Crippen LogP contribution < -0.4 is 5.32 Å². The molecule has 1 amide bonds. The van der Waals surface area contributed by atoms with Gasteiger partial charge in [-0.25, -0.2) is 0 Å². The van der Waals surface area contributed by atoms with E-state index < -0.39 is 67.4 Å². The first-order valence-electron chi connectivity index (χ1n) is 36.5. The summed E-state index contributed by atoms with van der Waals surface area (Å²) < 4.78 is 17.7. The number of amides is 1. The molecule has 0 aliphatic carbocycles. The second-order valence-electron chi connectivity index (χ2n) is 24.9. The fourth-order valence-corrected chi connectivity index (χ4v) is 11.0. The van der Waals surface area contributed by atoms with Gasteiger partial charge in [0.05, 0.1) is 25.4 Å². The lowest BCUT2D eigenvalue weighted by molar-refractivity contribution is -0.305. The van der Waals surface area contributed by atoms with Crippen LogP contribution in [0.3, 0.4) is 0 Å². The Morgan fingerprint density at radius 3 is 1.25 bits per heavy atom. The normalized spacial score (nSPS) is 18.8. The Kier molecular flexibility index (Phi) is 59.8. The summed E-state index contributed by atoms with van der Waals surface area (Å²) in [5.74, 6) is -1.21. The quantitative estimate of drug-likeness (QED) is 0.0195. The minimum Gasteiger partial charge on any atom is -0.454 e. The van der Waals surface area contributed by atoms with E-state index in [0.29, 0.717) is 12.8 Å². The van der Waals surface area contributed by atoms with Gasteiger partial charge in [-0.15, -0.1) is 0 Å². The van der Waals surface area contributed by atoms with Gasteiger partial charge in [-0.1, -0.05) is 304 Å². The molecule has 0 bridgehead atoms. The molecule has 508 valence electrons. The lowest BCUT2D eigenvalue weighted by Crippen LogP contribution is -2.61. The first kappa shape index (κ1) is 82.6. The smallest absolute Gasteiger partial charge is 0.306 e. The number of rotatable bonds is 62. The number of esters is 1. The zero-order valence-electron chi connectivity index (χ0n) is 56.6. The van der Waals surface area contributed by atoms with Gasteiger partial charge in [0.15, 0.2) is 12.4 Å². The predicted molar refractivity (Wildman–Crippen MR) is 370 cm³/mol. The van der Waals surface area contributed by atoms with E-state index in [-0.39, 0.29) is 19.4 Å². The number of carbonyl (C=O) groups is 2. The first-order chi connectivity index (χ1) is 43.2. The molecule has 0 aromatic heterocycles. The standard InChI is InChI=1S/C77H135NO10/c1-4-7-10-13-16-19-22-25-27-29-31-33-34-35-36-37-39-40-42-44-46-49-52-55-58-61-64-70(81)76(85)78-68(69(80)63-60-57-54-51-48-24-21-18-15-12-9-6-3)67-86-77-75(74(84)73(83)71(66-79)87-77)88-72(82)65-62-59-56-53-50-47-45-43-41-38-32-30-28-26-23-20-17-14-11-8-5-2/h8,11,16-17,19-20,25-28,32,38,43,45,60,63,68-71,73-75,77,79-81,83-84H,4-7,9-10,12-15,18,21-24,29-31,33-37,39-42,44,46-59,61-62,64-67H2,1-3H3,(H,78,85)/b11-8-,19-16-,20-17-,27-25-,28-26-,38-32-,45-43-,63-60+. The van der Waals surface area contributed by atoms with Crippen molar-refractivity contribution in [1.29, 1.82) is 0 Å². The molecule has 1 rings (SSSR count). The van der Waals surface area contributed by atoms with Crippen LogP contribution in [0.4, 0.5) is 0 Å². The van der Waals surface area contributed by atoms with Crippen LogP contribution in [0.15, 0.2) is 97.2 Å². The molecule has 8 unspecified atom stereocenters. The van der Waals surface area contributed by atoms with Gasteiger partial charge in [-0.3, -0.25) is 9.59 Å². The van der Waals surface area contributed by atoms with Gasteiger partial charge in [0, 0.05) is 6.42 Å². The Hall–Kier alpha value is -3.42. The molecule has 0 aromatic rings. The number of carbonyl (C=O) groups excluding carboxylic acids is 2. The average molecular weight is 1230 g/mol. The van der Waals surface area contributed by atoms with Crippen LogP contribution in [-0.2, 0) is 23.8 Å². The number of aliphatic hydroxyl groups is 5. The number of unbranched alkanes of at least 4 members (excludes halogenated alkanes) is 34. The van der Waals surface area contributed by atoms with Crippen LogP contribution in [0.1, 0.15) is 316 Å². The van der Waals surface area contributed by atoms with Crippen molar-refractivity contribution in [3.63, 3.8) is 0 Å². The summed E-state index contributed by atoms with van der Waals surface area (Å²) in [7, 11) is 0. The molecule has 0 aromatic carbocycles. The Balaban J connectivity index is 2.56. The minimum absolute atomic E-state index is 0.0983. The van der Waals surface area contributed by atoms with E-state index in [1.807, 2.05) is 6.08 Å².